The second kappa shape index (κ2) is 3.37. The Labute approximate surface area is 64.2 Å². The number of ether oxygens (including phenoxy) is 1. The highest BCUT2D eigenvalue weighted by Crippen LogP contribution is 2.19. The highest BCUT2D eigenvalue weighted by molar-refractivity contribution is 9.09. The first-order chi connectivity index (χ1) is 4.33. The molecule has 0 bridgehead atoms. The average Bonchev–Trinajstić information content (AvgIpc) is 2.17. The Morgan fingerprint density at radius 1 is 1.67 bits per heavy atom. The maximum atomic E-state index is 5.36. The molecule has 52 valence electrons. The Morgan fingerprint density at radius 3 is 2.89 bits per heavy atom. The van der Waals surface area contributed by atoms with E-state index in [2.05, 4.69) is 28.1 Å². The molecule has 0 aromatic carbocycles. The van der Waals surface area contributed by atoms with Crippen LogP contribution in [0.3, 0.4) is 0 Å². The minimum Gasteiger partial charge on any atom is -0.374 e. The summed E-state index contributed by atoms with van der Waals surface area (Å²) in [5.74, 6) is 0. The lowest BCUT2D eigenvalue weighted by molar-refractivity contribution is 0.0973. The van der Waals surface area contributed by atoms with Crippen LogP contribution in [0.1, 0.15) is 13.3 Å². The Kier molecular flexibility index (Phi) is 2.73. The van der Waals surface area contributed by atoms with E-state index in [0.29, 0.717) is 10.9 Å². The van der Waals surface area contributed by atoms with E-state index in [-0.39, 0.29) is 0 Å². The van der Waals surface area contributed by atoms with E-state index < -0.39 is 0 Å². The Balaban J connectivity index is 2.24. The number of halogens is 1. The van der Waals surface area contributed by atoms with Crippen LogP contribution < -0.4 is 0 Å². The third-order valence-electron chi connectivity index (χ3n) is 1.37. The quantitative estimate of drug-likeness (QED) is 0.479. The van der Waals surface area contributed by atoms with Crippen LogP contribution in [0.4, 0.5) is 0 Å². The lowest BCUT2D eigenvalue weighted by atomic mass is 10.3. The fraction of sp³-hybridized carbons (Fsp3) is 0.714. The molecule has 9 heavy (non-hydrogen) atoms. The summed E-state index contributed by atoms with van der Waals surface area (Å²) < 4.78 is 5.36. The lowest BCUT2D eigenvalue weighted by Crippen LogP contribution is -2.07. The van der Waals surface area contributed by atoms with Crippen LogP contribution in [0.5, 0.6) is 0 Å². The van der Waals surface area contributed by atoms with E-state index >= 15 is 0 Å². The fourth-order valence-electron chi connectivity index (χ4n) is 0.961. The molecule has 0 saturated carbocycles. The van der Waals surface area contributed by atoms with E-state index in [1.807, 2.05) is 6.92 Å². The largest absolute Gasteiger partial charge is 0.374 e. The molecule has 1 aliphatic rings. The first-order valence-electron chi connectivity index (χ1n) is 3.27. The highest BCUT2D eigenvalue weighted by Gasteiger charge is 2.15. The molecule has 1 nitrogen and oxygen atoms in total. The minimum absolute atomic E-state index is 0.361. The zero-order valence-electron chi connectivity index (χ0n) is 5.51. The van der Waals surface area contributed by atoms with Gasteiger partial charge < -0.3 is 4.74 Å². The SMILES string of the molecule is CCOC1C=CC(Br)C1. The molecule has 0 amide bonds. The van der Waals surface area contributed by atoms with Gasteiger partial charge in [0.2, 0.25) is 0 Å². The Hall–Kier alpha value is 0.180. The topological polar surface area (TPSA) is 9.23 Å². The molecule has 0 heterocycles. The summed E-state index contributed by atoms with van der Waals surface area (Å²) in [6.45, 7) is 2.84. The zero-order chi connectivity index (χ0) is 6.69. The molecule has 1 rings (SSSR count). The normalized spacial score (nSPS) is 33.6. The molecule has 2 heteroatoms. The van der Waals surface area contributed by atoms with Gasteiger partial charge >= 0.3 is 0 Å². The van der Waals surface area contributed by atoms with Gasteiger partial charge in [-0.25, -0.2) is 0 Å². The van der Waals surface area contributed by atoms with E-state index in [9.17, 15) is 0 Å². The summed E-state index contributed by atoms with van der Waals surface area (Å²) in [6.07, 6.45) is 5.70. The van der Waals surface area contributed by atoms with E-state index in [0.717, 1.165) is 13.0 Å². The summed E-state index contributed by atoms with van der Waals surface area (Å²) in [4.78, 5) is 0.536. The molecule has 0 spiro atoms. The monoisotopic (exact) mass is 190 g/mol. The maximum Gasteiger partial charge on any atom is 0.0769 e. The third-order valence-corrected chi connectivity index (χ3v) is 2.05. The van der Waals surface area contributed by atoms with Gasteiger partial charge in [0.15, 0.2) is 0 Å². The van der Waals surface area contributed by atoms with Crippen LogP contribution in [0.25, 0.3) is 0 Å². The van der Waals surface area contributed by atoms with Crippen molar-refractivity contribution in [3.05, 3.63) is 12.2 Å². The molecule has 0 N–H and O–H groups in total. The smallest absolute Gasteiger partial charge is 0.0769 e. The molecule has 0 radical (unpaired) electrons. The average molecular weight is 191 g/mol. The molecule has 1 aliphatic carbocycles. The molecule has 2 atom stereocenters. The molecule has 0 fully saturated rings. The Morgan fingerprint density at radius 2 is 2.44 bits per heavy atom. The van der Waals surface area contributed by atoms with Gasteiger partial charge in [0.25, 0.3) is 0 Å². The molecular weight excluding hydrogens is 180 g/mol. The molecule has 2 unspecified atom stereocenters. The lowest BCUT2D eigenvalue weighted by Gasteiger charge is -2.06. The second-order valence-electron chi connectivity index (χ2n) is 2.13. The predicted octanol–water partition coefficient (Wildman–Crippen LogP) is 2.11. The van der Waals surface area contributed by atoms with Crippen LogP contribution in [0.15, 0.2) is 12.2 Å². The van der Waals surface area contributed by atoms with Gasteiger partial charge in [-0.05, 0) is 13.3 Å². The van der Waals surface area contributed by atoms with Gasteiger partial charge in [0.1, 0.15) is 0 Å². The number of allylic oxidation sites excluding steroid dienone is 1. The zero-order valence-corrected chi connectivity index (χ0v) is 7.10. The van der Waals surface area contributed by atoms with Crippen molar-refractivity contribution in [2.24, 2.45) is 0 Å². The van der Waals surface area contributed by atoms with Crippen molar-refractivity contribution in [3.63, 3.8) is 0 Å². The predicted molar refractivity (Wildman–Crippen MR) is 41.9 cm³/mol. The van der Waals surface area contributed by atoms with Crippen molar-refractivity contribution in [3.8, 4) is 0 Å². The number of hydrogen-bond donors (Lipinski definition) is 0. The van der Waals surface area contributed by atoms with Crippen LogP contribution in [-0.2, 0) is 4.74 Å². The molecular formula is C7H11BrO. The summed E-state index contributed by atoms with van der Waals surface area (Å²) in [5.41, 5.74) is 0. The van der Waals surface area contributed by atoms with Crippen molar-refractivity contribution in [1.29, 1.82) is 0 Å². The van der Waals surface area contributed by atoms with E-state index in [1.165, 1.54) is 0 Å². The van der Waals surface area contributed by atoms with Gasteiger partial charge in [0.05, 0.1) is 6.10 Å². The van der Waals surface area contributed by atoms with Crippen molar-refractivity contribution < 1.29 is 4.74 Å². The standard InChI is InChI=1S/C7H11BrO/c1-2-9-7-4-3-6(8)5-7/h3-4,6-7H,2,5H2,1H3. The summed E-state index contributed by atoms with van der Waals surface area (Å²) >= 11 is 3.48. The molecule has 0 aromatic heterocycles. The van der Waals surface area contributed by atoms with Gasteiger partial charge in [-0.15, -0.1) is 0 Å². The van der Waals surface area contributed by atoms with Crippen LogP contribution >= 0.6 is 15.9 Å². The first-order valence-corrected chi connectivity index (χ1v) is 4.18. The Bertz CT molecular complexity index is 111. The second-order valence-corrected chi connectivity index (χ2v) is 3.31. The number of alkyl halides is 1. The summed E-state index contributed by atoms with van der Waals surface area (Å²) in [5, 5.41) is 0. The molecule has 0 aromatic rings. The van der Waals surface area contributed by atoms with Crippen molar-refractivity contribution >= 4 is 15.9 Å². The summed E-state index contributed by atoms with van der Waals surface area (Å²) in [7, 11) is 0. The number of rotatable bonds is 2. The van der Waals surface area contributed by atoms with Crippen molar-refractivity contribution in [1.82, 2.24) is 0 Å². The van der Waals surface area contributed by atoms with Gasteiger partial charge in [0, 0.05) is 11.4 Å². The highest BCUT2D eigenvalue weighted by atomic mass is 79.9. The first kappa shape index (κ1) is 7.29. The third kappa shape index (κ3) is 2.11. The van der Waals surface area contributed by atoms with E-state index in [4.69, 9.17) is 4.74 Å². The van der Waals surface area contributed by atoms with Crippen LogP contribution in [-0.4, -0.2) is 17.5 Å². The molecule has 0 saturated heterocycles. The van der Waals surface area contributed by atoms with Gasteiger partial charge in [-0.3, -0.25) is 0 Å². The van der Waals surface area contributed by atoms with Crippen molar-refractivity contribution in [2.75, 3.05) is 6.61 Å². The fourth-order valence-corrected chi connectivity index (χ4v) is 1.51. The summed E-state index contributed by atoms with van der Waals surface area (Å²) in [6, 6.07) is 0. The van der Waals surface area contributed by atoms with Crippen LogP contribution in [0.2, 0.25) is 0 Å². The number of hydrogen-bond acceptors (Lipinski definition) is 1. The van der Waals surface area contributed by atoms with Crippen molar-refractivity contribution in [2.45, 2.75) is 24.3 Å². The molecule has 0 aliphatic heterocycles. The van der Waals surface area contributed by atoms with E-state index in [1.54, 1.807) is 0 Å². The van der Waals surface area contributed by atoms with Crippen LogP contribution in [0, 0.1) is 0 Å². The van der Waals surface area contributed by atoms with Gasteiger partial charge in [-0.2, -0.15) is 0 Å². The minimum atomic E-state index is 0.361. The maximum absolute atomic E-state index is 5.36. The van der Waals surface area contributed by atoms with Gasteiger partial charge in [-0.1, -0.05) is 28.1 Å².